The number of carbonyl (C=O) groups excluding carboxylic acids is 1. The Morgan fingerprint density at radius 2 is 2.07 bits per heavy atom. The van der Waals surface area contributed by atoms with Gasteiger partial charge in [-0.1, -0.05) is 0 Å². The van der Waals surface area contributed by atoms with E-state index in [4.69, 9.17) is 0 Å². The highest BCUT2D eigenvalue weighted by Gasteiger charge is 2.31. The molecule has 2 rings (SSSR count). The zero-order chi connectivity index (χ0) is 20.2. The first kappa shape index (κ1) is 20.6. The number of carbonyl (C=O) groups is 1. The molecule has 2 heterocycles. The Morgan fingerprint density at radius 1 is 1.37 bits per heavy atom. The maximum atomic E-state index is 14.0. The Balaban J connectivity index is 2.14. The molecule has 0 saturated heterocycles. The van der Waals surface area contributed by atoms with E-state index >= 15 is 0 Å². The molecular formula is C16H19F4N5O2. The van der Waals surface area contributed by atoms with Crippen molar-refractivity contribution in [3.05, 3.63) is 35.0 Å². The predicted molar refractivity (Wildman–Crippen MR) is 89.3 cm³/mol. The number of hydrogen-bond donors (Lipinski definition) is 3. The molecule has 0 saturated carbocycles. The summed E-state index contributed by atoms with van der Waals surface area (Å²) in [7, 11) is 0. The largest absolute Gasteiger partial charge is 0.466 e. The van der Waals surface area contributed by atoms with Crippen molar-refractivity contribution in [3.8, 4) is 5.88 Å². The summed E-state index contributed by atoms with van der Waals surface area (Å²) >= 11 is 0. The van der Waals surface area contributed by atoms with Gasteiger partial charge in [0.05, 0.1) is 6.21 Å². The van der Waals surface area contributed by atoms with Crippen molar-refractivity contribution < 1.29 is 27.1 Å². The molecule has 1 aromatic rings. The van der Waals surface area contributed by atoms with Crippen molar-refractivity contribution in [2.75, 3.05) is 6.61 Å². The number of nitrogens with one attached hydrogen (secondary N) is 3. The number of pyridine rings is 1. The smallest absolute Gasteiger partial charge is 0.422 e. The molecule has 3 N–H and O–H groups in total. The van der Waals surface area contributed by atoms with Crippen LogP contribution in [0.3, 0.4) is 0 Å². The van der Waals surface area contributed by atoms with Gasteiger partial charge >= 0.3 is 6.18 Å². The molecule has 7 nitrogen and oxygen atoms in total. The van der Waals surface area contributed by atoms with Crippen LogP contribution < -0.4 is 20.7 Å². The monoisotopic (exact) mass is 389 g/mol. The number of aromatic nitrogens is 1. The fourth-order valence-corrected chi connectivity index (χ4v) is 2.37. The summed E-state index contributed by atoms with van der Waals surface area (Å²) in [5.74, 6) is -3.27. The van der Waals surface area contributed by atoms with Crippen LogP contribution in [0.1, 0.15) is 25.1 Å². The highest BCUT2D eigenvalue weighted by atomic mass is 19.4. The number of hydrogen-bond acceptors (Lipinski definition) is 6. The molecule has 1 amide bonds. The lowest BCUT2D eigenvalue weighted by Gasteiger charge is -2.35. The molecule has 0 aromatic carbocycles. The number of aryl methyl sites for hydroxylation is 1. The van der Waals surface area contributed by atoms with E-state index in [0.29, 0.717) is 11.3 Å². The Morgan fingerprint density at radius 3 is 2.67 bits per heavy atom. The molecule has 0 radical (unpaired) electrons. The zero-order valence-corrected chi connectivity index (χ0v) is 14.9. The van der Waals surface area contributed by atoms with Gasteiger partial charge < -0.3 is 15.4 Å². The number of rotatable bonds is 6. The minimum atomic E-state index is -4.59. The molecule has 11 heteroatoms. The van der Waals surface area contributed by atoms with Crippen molar-refractivity contribution in [1.82, 2.24) is 20.9 Å². The molecule has 1 atom stereocenters. The van der Waals surface area contributed by atoms with Crippen LogP contribution in [-0.4, -0.2) is 35.7 Å². The average molecular weight is 389 g/mol. The predicted octanol–water partition coefficient (Wildman–Crippen LogP) is 1.89. The molecule has 0 bridgehead atoms. The number of aliphatic imine (C=N–C) groups is 1. The Labute approximate surface area is 152 Å². The molecule has 1 unspecified atom stereocenters. The van der Waals surface area contributed by atoms with Crippen LogP contribution in [0.25, 0.3) is 0 Å². The van der Waals surface area contributed by atoms with Crippen molar-refractivity contribution in [2.45, 2.75) is 39.3 Å². The van der Waals surface area contributed by atoms with Crippen LogP contribution in [0.15, 0.2) is 23.0 Å². The second-order valence-corrected chi connectivity index (χ2v) is 5.98. The second-order valence-electron chi connectivity index (χ2n) is 5.98. The van der Waals surface area contributed by atoms with E-state index < -0.39 is 30.3 Å². The van der Waals surface area contributed by atoms with Crippen LogP contribution in [0, 0.1) is 12.7 Å². The summed E-state index contributed by atoms with van der Waals surface area (Å²) in [6, 6.07) is 1.03. The first-order valence-electron chi connectivity index (χ1n) is 7.88. The van der Waals surface area contributed by atoms with E-state index in [2.05, 4.69) is 30.7 Å². The van der Waals surface area contributed by atoms with Gasteiger partial charge in [0.15, 0.2) is 12.4 Å². The van der Waals surface area contributed by atoms with Gasteiger partial charge in [-0.3, -0.25) is 15.1 Å². The van der Waals surface area contributed by atoms with E-state index in [1.54, 1.807) is 13.1 Å². The molecule has 1 aliphatic rings. The van der Waals surface area contributed by atoms with E-state index in [-0.39, 0.29) is 18.1 Å². The highest BCUT2D eigenvalue weighted by molar-refractivity contribution is 5.82. The Hall–Kier alpha value is -2.69. The molecule has 27 heavy (non-hydrogen) atoms. The van der Waals surface area contributed by atoms with Crippen LogP contribution in [0.2, 0.25) is 0 Å². The van der Waals surface area contributed by atoms with E-state index in [1.165, 1.54) is 20.1 Å². The molecule has 0 spiro atoms. The summed E-state index contributed by atoms with van der Waals surface area (Å²) in [6.45, 7) is 2.99. The standard InChI is InChI=1S/C16H19F4N5O2/c1-9-5-21-7-16(24-9,25-11(3)26)22-6-12-4-13(17)14(23-10(12)2)27-8-15(18,19)20/h4-5,7,22,24H,6,8H2,1-3H3,(H,25,26). The lowest BCUT2D eigenvalue weighted by Crippen LogP contribution is -2.68. The van der Waals surface area contributed by atoms with Gasteiger partial charge in [0.25, 0.3) is 5.88 Å². The van der Waals surface area contributed by atoms with Gasteiger partial charge in [-0.05, 0) is 25.5 Å². The summed E-state index contributed by atoms with van der Waals surface area (Å²) in [4.78, 5) is 19.3. The third-order valence-corrected chi connectivity index (χ3v) is 3.47. The molecular weight excluding hydrogens is 370 g/mol. The van der Waals surface area contributed by atoms with Crippen molar-refractivity contribution in [2.24, 2.45) is 4.99 Å². The lowest BCUT2D eigenvalue weighted by molar-refractivity contribution is -0.154. The van der Waals surface area contributed by atoms with Crippen molar-refractivity contribution >= 4 is 12.1 Å². The fraction of sp³-hybridized carbons (Fsp3) is 0.438. The van der Waals surface area contributed by atoms with E-state index in [1.807, 2.05) is 0 Å². The first-order valence-corrected chi connectivity index (χ1v) is 7.88. The van der Waals surface area contributed by atoms with Crippen molar-refractivity contribution in [1.29, 1.82) is 0 Å². The normalized spacial score (nSPS) is 19.3. The topological polar surface area (TPSA) is 87.6 Å². The molecule has 0 fully saturated rings. The maximum Gasteiger partial charge on any atom is 0.422 e. The average Bonchev–Trinajstić information content (AvgIpc) is 2.52. The van der Waals surface area contributed by atoms with Gasteiger partial charge in [-0.2, -0.15) is 13.2 Å². The van der Waals surface area contributed by atoms with Crippen molar-refractivity contribution in [3.63, 3.8) is 0 Å². The van der Waals surface area contributed by atoms with Crippen LogP contribution in [0.5, 0.6) is 5.88 Å². The Kier molecular flexibility index (Phi) is 6.04. The SMILES string of the molecule is CC(=O)NC1(NCc2cc(F)c(OCC(F)(F)F)nc2C)C=NC=C(C)N1. The third-order valence-electron chi connectivity index (χ3n) is 3.47. The molecule has 1 aliphatic heterocycles. The number of amides is 1. The van der Waals surface area contributed by atoms with Gasteiger partial charge in [0, 0.05) is 31.1 Å². The number of halogens is 4. The molecule has 148 valence electrons. The third kappa shape index (κ3) is 5.91. The fourth-order valence-electron chi connectivity index (χ4n) is 2.37. The van der Waals surface area contributed by atoms with E-state index in [9.17, 15) is 22.4 Å². The van der Waals surface area contributed by atoms with Crippen LogP contribution >= 0.6 is 0 Å². The van der Waals surface area contributed by atoms with Gasteiger partial charge in [0.2, 0.25) is 11.7 Å². The Bertz CT molecular complexity index is 775. The zero-order valence-electron chi connectivity index (χ0n) is 14.9. The number of ether oxygens (including phenoxy) is 1. The van der Waals surface area contributed by atoms with Crippen LogP contribution in [-0.2, 0) is 11.3 Å². The minimum absolute atomic E-state index is 0.0435. The number of allylic oxidation sites excluding steroid dienone is 1. The summed E-state index contributed by atoms with van der Waals surface area (Å²) in [5, 5.41) is 8.68. The second kappa shape index (κ2) is 7.91. The maximum absolute atomic E-state index is 14.0. The van der Waals surface area contributed by atoms with E-state index in [0.717, 1.165) is 6.07 Å². The quantitative estimate of drug-likeness (QED) is 0.511. The summed E-state index contributed by atoms with van der Waals surface area (Å²) in [5.41, 5.74) is 1.33. The van der Waals surface area contributed by atoms with Gasteiger partial charge in [0.1, 0.15) is 0 Å². The number of alkyl halides is 3. The minimum Gasteiger partial charge on any atom is -0.466 e. The van der Waals surface area contributed by atoms with Gasteiger partial charge in [-0.15, -0.1) is 0 Å². The lowest BCUT2D eigenvalue weighted by atomic mass is 10.1. The van der Waals surface area contributed by atoms with Crippen LogP contribution in [0.4, 0.5) is 17.6 Å². The first-order chi connectivity index (χ1) is 12.5. The summed E-state index contributed by atoms with van der Waals surface area (Å²) < 4.78 is 55.1. The summed E-state index contributed by atoms with van der Waals surface area (Å²) in [6.07, 6.45) is -1.60. The molecule has 0 aliphatic carbocycles. The highest BCUT2D eigenvalue weighted by Crippen LogP contribution is 2.22. The van der Waals surface area contributed by atoms with Gasteiger partial charge in [-0.25, -0.2) is 9.37 Å². The molecule has 1 aromatic heterocycles. The number of nitrogens with zero attached hydrogens (tertiary/aromatic N) is 2.